The number of carbonyl (C=O) groups is 1. The Labute approximate surface area is 97.2 Å². The first kappa shape index (κ1) is 10.3. The van der Waals surface area contributed by atoms with E-state index in [0.717, 1.165) is 5.69 Å². The van der Waals surface area contributed by atoms with Crippen molar-refractivity contribution in [1.82, 2.24) is 5.43 Å². The van der Waals surface area contributed by atoms with Crippen LogP contribution in [0.3, 0.4) is 0 Å². The second-order valence-corrected chi connectivity index (χ2v) is 3.90. The lowest BCUT2D eigenvalue weighted by atomic mass is 10.2. The third-order valence-electron chi connectivity index (χ3n) is 2.03. The fourth-order valence-corrected chi connectivity index (χ4v) is 1.58. The van der Waals surface area contributed by atoms with Crippen LogP contribution in [0.4, 0.5) is 5.69 Å². The van der Waals surface area contributed by atoms with Crippen LogP contribution in [0.5, 0.6) is 0 Å². The fraction of sp³-hybridized carbons (Fsp3) is 0.100. The number of hydrazine groups is 1. The average molecular weight is 243 g/mol. The summed E-state index contributed by atoms with van der Waals surface area (Å²) < 4.78 is 0. The van der Waals surface area contributed by atoms with E-state index in [9.17, 15) is 4.79 Å². The Morgan fingerprint density at radius 2 is 1.93 bits per heavy atom. The maximum absolute atomic E-state index is 11.7. The molecule has 0 spiro atoms. The molecular weight excluding hydrogens is 235 g/mol. The SMILES string of the molecule is O=C1C(Cl)C(Cl)=CNN1c1ccccc1. The van der Waals surface area contributed by atoms with E-state index < -0.39 is 5.38 Å². The molecule has 0 radical (unpaired) electrons. The Morgan fingerprint density at radius 1 is 1.27 bits per heavy atom. The molecule has 1 N–H and O–H groups in total. The van der Waals surface area contributed by atoms with Gasteiger partial charge in [0.1, 0.15) is 0 Å². The van der Waals surface area contributed by atoms with Crippen LogP contribution in [0.15, 0.2) is 41.6 Å². The summed E-state index contributed by atoms with van der Waals surface area (Å²) >= 11 is 11.6. The average Bonchev–Trinajstić information content (AvgIpc) is 2.27. The second kappa shape index (κ2) is 4.13. The molecule has 1 aromatic rings. The Balaban J connectivity index is 2.30. The van der Waals surface area contributed by atoms with Crippen LogP contribution in [0.1, 0.15) is 0 Å². The molecule has 1 aliphatic heterocycles. The molecule has 1 amide bonds. The molecule has 0 aliphatic carbocycles. The topological polar surface area (TPSA) is 32.3 Å². The van der Waals surface area contributed by atoms with Gasteiger partial charge in [-0.2, -0.15) is 0 Å². The summed E-state index contributed by atoms with van der Waals surface area (Å²) in [5.74, 6) is -0.282. The number of alkyl halides is 1. The van der Waals surface area contributed by atoms with E-state index in [1.54, 1.807) is 0 Å². The van der Waals surface area contributed by atoms with Crippen molar-refractivity contribution >= 4 is 34.8 Å². The van der Waals surface area contributed by atoms with Gasteiger partial charge in [-0.15, -0.1) is 11.6 Å². The summed E-state index contributed by atoms with van der Waals surface area (Å²) in [4.78, 5) is 11.7. The van der Waals surface area contributed by atoms with Gasteiger partial charge in [0.2, 0.25) is 0 Å². The highest BCUT2D eigenvalue weighted by atomic mass is 35.5. The van der Waals surface area contributed by atoms with Gasteiger partial charge in [-0.1, -0.05) is 29.8 Å². The highest BCUT2D eigenvalue weighted by molar-refractivity contribution is 6.44. The predicted molar refractivity (Wildman–Crippen MR) is 60.6 cm³/mol. The first-order chi connectivity index (χ1) is 7.20. The monoisotopic (exact) mass is 242 g/mol. The largest absolute Gasteiger partial charge is 0.297 e. The van der Waals surface area contributed by atoms with Crippen LogP contribution in [0.25, 0.3) is 0 Å². The van der Waals surface area contributed by atoms with Crippen molar-refractivity contribution in [3.05, 3.63) is 41.6 Å². The Morgan fingerprint density at radius 3 is 2.60 bits per heavy atom. The number of nitrogens with zero attached hydrogens (tertiary/aromatic N) is 1. The Bertz CT molecular complexity index is 405. The minimum atomic E-state index is -0.812. The molecule has 1 aliphatic rings. The molecule has 15 heavy (non-hydrogen) atoms. The number of para-hydroxylation sites is 1. The molecule has 0 fully saturated rings. The van der Waals surface area contributed by atoms with Crippen molar-refractivity contribution in [3.63, 3.8) is 0 Å². The first-order valence-electron chi connectivity index (χ1n) is 4.35. The van der Waals surface area contributed by atoms with Gasteiger partial charge in [0, 0.05) is 6.20 Å². The van der Waals surface area contributed by atoms with Crippen LogP contribution in [-0.4, -0.2) is 11.3 Å². The van der Waals surface area contributed by atoms with Gasteiger partial charge in [-0.25, -0.2) is 5.01 Å². The van der Waals surface area contributed by atoms with E-state index in [4.69, 9.17) is 23.2 Å². The highest BCUT2D eigenvalue weighted by Gasteiger charge is 2.29. The molecule has 5 heteroatoms. The number of anilines is 1. The van der Waals surface area contributed by atoms with E-state index in [1.807, 2.05) is 30.3 Å². The quantitative estimate of drug-likeness (QED) is 0.767. The van der Waals surface area contributed by atoms with Gasteiger partial charge >= 0.3 is 0 Å². The number of hydrogen-bond donors (Lipinski definition) is 1. The minimum absolute atomic E-state index is 0.282. The van der Waals surface area contributed by atoms with Gasteiger partial charge in [-0.05, 0) is 12.1 Å². The molecule has 1 unspecified atom stereocenters. The highest BCUT2D eigenvalue weighted by Crippen LogP contribution is 2.23. The second-order valence-electron chi connectivity index (χ2n) is 3.03. The minimum Gasteiger partial charge on any atom is -0.297 e. The van der Waals surface area contributed by atoms with E-state index in [-0.39, 0.29) is 5.91 Å². The third-order valence-corrected chi connectivity index (χ3v) is 2.89. The Kier molecular flexibility index (Phi) is 2.84. The van der Waals surface area contributed by atoms with Crippen molar-refractivity contribution in [1.29, 1.82) is 0 Å². The third kappa shape index (κ3) is 1.94. The lowest BCUT2D eigenvalue weighted by Gasteiger charge is -2.28. The van der Waals surface area contributed by atoms with Crippen LogP contribution >= 0.6 is 23.2 Å². The van der Waals surface area contributed by atoms with E-state index in [2.05, 4.69) is 5.43 Å². The van der Waals surface area contributed by atoms with Gasteiger partial charge in [0.05, 0.1) is 10.7 Å². The summed E-state index contributed by atoms with van der Waals surface area (Å²) in [5, 5.41) is 0.853. The maximum atomic E-state index is 11.7. The summed E-state index contributed by atoms with van der Waals surface area (Å²) in [7, 11) is 0. The smallest absolute Gasteiger partial charge is 0.269 e. The zero-order valence-corrected chi connectivity index (χ0v) is 9.16. The summed E-state index contributed by atoms with van der Waals surface area (Å²) in [6, 6.07) is 9.17. The van der Waals surface area contributed by atoms with Crippen LogP contribution < -0.4 is 10.4 Å². The molecule has 3 nitrogen and oxygen atoms in total. The Hall–Kier alpha value is -1.19. The van der Waals surface area contributed by atoms with E-state index >= 15 is 0 Å². The van der Waals surface area contributed by atoms with Crippen molar-refractivity contribution in [2.24, 2.45) is 0 Å². The molecule has 1 heterocycles. The van der Waals surface area contributed by atoms with Gasteiger partial charge in [0.25, 0.3) is 5.91 Å². The lowest BCUT2D eigenvalue weighted by molar-refractivity contribution is -0.118. The number of halogens is 2. The fourth-order valence-electron chi connectivity index (χ4n) is 1.27. The van der Waals surface area contributed by atoms with Crippen molar-refractivity contribution in [2.45, 2.75) is 5.38 Å². The van der Waals surface area contributed by atoms with Gasteiger partial charge in [0.15, 0.2) is 5.38 Å². The van der Waals surface area contributed by atoms with E-state index in [0.29, 0.717) is 5.03 Å². The van der Waals surface area contributed by atoms with Gasteiger partial charge < -0.3 is 0 Å². The molecular formula is C10H8Cl2N2O. The van der Waals surface area contributed by atoms with E-state index in [1.165, 1.54) is 11.2 Å². The molecule has 0 saturated carbocycles. The summed E-state index contributed by atoms with van der Waals surface area (Å²) in [6.45, 7) is 0. The molecule has 1 atom stereocenters. The number of carbonyl (C=O) groups excluding carboxylic acids is 1. The zero-order chi connectivity index (χ0) is 10.8. The maximum Gasteiger partial charge on any atom is 0.269 e. The summed E-state index contributed by atoms with van der Waals surface area (Å²) in [6.07, 6.45) is 1.51. The molecule has 0 saturated heterocycles. The molecule has 0 bridgehead atoms. The zero-order valence-electron chi connectivity index (χ0n) is 7.65. The lowest BCUT2D eigenvalue weighted by Crippen LogP contribution is -2.48. The number of benzene rings is 1. The molecule has 1 aromatic carbocycles. The normalized spacial score (nSPS) is 20.9. The van der Waals surface area contributed by atoms with Crippen LogP contribution in [-0.2, 0) is 4.79 Å². The molecule has 2 rings (SSSR count). The summed E-state index contributed by atoms with van der Waals surface area (Å²) in [5.41, 5.74) is 3.50. The van der Waals surface area contributed by atoms with Crippen molar-refractivity contribution in [3.8, 4) is 0 Å². The van der Waals surface area contributed by atoms with Crippen molar-refractivity contribution < 1.29 is 4.79 Å². The van der Waals surface area contributed by atoms with Crippen LogP contribution in [0.2, 0.25) is 0 Å². The van der Waals surface area contributed by atoms with Crippen LogP contribution in [0, 0.1) is 0 Å². The number of rotatable bonds is 1. The first-order valence-corrected chi connectivity index (χ1v) is 5.16. The number of nitrogens with one attached hydrogen (secondary N) is 1. The molecule has 0 aromatic heterocycles. The predicted octanol–water partition coefficient (Wildman–Crippen LogP) is 2.23. The number of hydrogen-bond acceptors (Lipinski definition) is 2. The number of amides is 1. The molecule has 78 valence electrons. The standard InChI is InChI=1S/C10H8Cl2N2O/c11-8-6-13-14(10(15)9(8)12)7-4-2-1-3-5-7/h1-6,9,13H. The van der Waals surface area contributed by atoms with Gasteiger partial charge in [-0.3, -0.25) is 10.2 Å². The van der Waals surface area contributed by atoms with Crippen molar-refractivity contribution in [2.75, 3.05) is 5.01 Å².